The predicted octanol–water partition coefficient (Wildman–Crippen LogP) is 2.94. The molecule has 0 saturated carbocycles. The maximum Gasteiger partial charge on any atom is 0.339 e. The molecule has 1 aromatic rings. The van der Waals surface area contributed by atoms with Crippen LogP contribution in [-0.4, -0.2) is 24.3 Å². The molecule has 0 fully saturated rings. The van der Waals surface area contributed by atoms with Crippen LogP contribution in [0.25, 0.3) is 0 Å². The van der Waals surface area contributed by atoms with Crippen molar-refractivity contribution in [2.75, 3.05) is 7.11 Å². The van der Waals surface area contributed by atoms with Crippen LogP contribution in [0, 0.1) is 0 Å². The monoisotopic (exact) mass is 288 g/mol. The van der Waals surface area contributed by atoms with Gasteiger partial charge in [-0.05, 0) is 26.0 Å². The van der Waals surface area contributed by atoms with Crippen molar-refractivity contribution in [3.8, 4) is 11.5 Å². The molecule has 0 bridgehead atoms. The standard InChI is InChI=1S/C11H13BrO4/c1-6(2)16-9-5-7(12)4-8(11(13)14)10(9)15-3/h4-6H,1-3H3,(H,13,14). The van der Waals surface area contributed by atoms with Gasteiger partial charge in [-0.3, -0.25) is 0 Å². The molecule has 0 aliphatic carbocycles. The molecule has 1 rings (SSSR count). The number of hydrogen-bond acceptors (Lipinski definition) is 3. The summed E-state index contributed by atoms with van der Waals surface area (Å²) in [6.07, 6.45) is -0.0511. The SMILES string of the molecule is COc1c(OC(C)C)cc(Br)cc1C(=O)O. The largest absolute Gasteiger partial charge is 0.492 e. The zero-order valence-corrected chi connectivity index (χ0v) is 10.9. The highest BCUT2D eigenvalue weighted by Gasteiger charge is 2.18. The summed E-state index contributed by atoms with van der Waals surface area (Å²) in [6, 6.07) is 3.17. The Morgan fingerprint density at radius 1 is 1.44 bits per heavy atom. The molecule has 0 aliphatic heterocycles. The molecule has 0 amide bonds. The molecule has 1 aromatic carbocycles. The fourth-order valence-electron chi connectivity index (χ4n) is 1.28. The van der Waals surface area contributed by atoms with E-state index < -0.39 is 5.97 Å². The highest BCUT2D eigenvalue weighted by molar-refractivity contribution is 9.10. The molecule has 0 aliphatic rings. The summed E-state index contributed by atoms with van der Waals surface area (Å²) in [5.74, 6) is -0.388. The van der Waals surface area contributed by atoms with E-state index >= 15 is 0 Å². The third kappa shape index (κ3) is 2.88. The number of aromatic carboxylic acids is 1. The lowest BCUT2D eigenvalue weighted by molar-refractivity contribution is 0.0691. The average molecular weight is 289 g/mol. The van der Waals surface area contributed by atoms with Crippen molar-refractivity contribution >= 4 is 21.9 Å². The molecule has 4 nitrogen and oxygen atoms in total. The fourth-order valence-corrected chi connectivity index (χ4v) is 1.72. The Kier molecular flexibility index (Phi) is 4.18. The summed E-state index contributed by atoms with van der Waals surface area (Å²) >= 11 is 3.24. The summed E-state index contributed by atoms with van der Waals surface area (Å²) in [4.78, 5) is 11.0. The van der Waals surface area contributed by atoms with Crippen molar-refractivity contribution in [3.05, 3.63) is 22.2 Å². The van der Waals surface area contributed by atoms with Gasteiger partial charge in [0.1, 0.15) is 5.56 Å². The van der Waals surface area contributed by atoms with E-state index in [0.29, 0.717) is 10.2 Å². The first-order chi connectivity index (χ1) is 7.45. The second-order valence-corrected chi connectivity index (χ2v) is 4.37. The van der Waals surface area contributed by atoms with E-state index in [1.165, 1.54) is 13.2 Å². The van der Waals surface area contributed by atoms with Gasteiger partial charge in [0, 0.05) is 4.47 Å². The first-order valence-corrected chi connectivity index (χ1v) is 5.52. The van der Waals surface area contributed by atoms with Crippen LogP contribution in [0.3, 0.4) is 0 Å². The van der Waals surface area contributed by atoms with Gasteiger partial charge < -0.3 is 14.6 Å². The van der Waals surface area contributed by atoms with E-state index in [9.17, 15) is 4.79 Å². The third-order valence-electron chi connectivity index (χ3n) is 1.82. The van der Waals surface area contributed by atoms with Crippen molar-refractivity contribution in [1.29, 1.82) is 0 Å². The van der Waals surface area contributed by atoms with Crippen LogP contribution in [0.1, 0.15) is 24.2 Å². The maximum absolute atomic E-state index is 11.0. The lowest BCUT2D eigenvalue weighted by atomic mass is 10.2. The van der Waals surface area contributed by atoms with Crippen molar-refractivity contribution < 1.29 is 19.4 Å². The second-order valence-electron chi connectivity index (χ2n) is 3.46. The summed E-state index contributed by atoms with van der Waals surface area (Å²) in [5, 5.41) is 9.02. The number of benzene rings is 1. The van der Waals surface area contributed by atoms with E-state index in [1.807, 2.05) is 13.8 Å². The van der Waals surface area contributed by atoms with Crippen molar-refractivity contribution in [2.45, 2.75) is 20.0 Å². The van der Waals surface area contributed by atoms with E-state index in [0.717, 1.165) is 0 Å². The van der Waals surface area contributed by atoms with Crippen LogP contribution in [0.15, 0.2) is 16.6 Å². The fraction of sp³-hybridized carbons (Fsp3) is 0.364. The minimum atomic E-state index is -1.05. The lowest BCUT2D eigenvalue weighted by Crippen LogP contribution is -2.09. The number of rotatable bonds is 4. The summed E-state index contributed by atoms with van der Waals surface area (Å²) in [5.41, 5.74) is 0.0764. The molecule has 0 aromatic heterocycles. The molecular weight excluding hydrogens is 276 g/mol. The van der Waals surface area contributed by atoms with Crippen LogP contribution in [0.5, 0.6) is 11.5 Å². The Balaban J connectivity index is 3.30. The third-order valence-corrected chi connectivity index (χ3v) is 2.27. The van der Waals surface area contributed by atoms with Gasteiger partial charge in [-0.1, -0.05) is 15.9 Å². The minimum absolute atomic E-state index is 0.0511. The predicted molar refractivity (Wildman–Crippen MR) is 63.4 cm³/mol. The van der Waals surface area contributed by atoms with Crippen molar-refractivity contribution in [1.82, 2.24) is 0 Å². The van der Waals surface area contributed by atoms with Gasteiger partial charge in [0.2, 0.25) is 0 Å². The van der Waals surface area contributed by atoms with Gasteiger partial charge in [-0.2, -0.15) is 0 Å². The molecule has 0 saturated heterocycles. The first kappa shape index (κ1) is 12.8. The van der Waals surface area contributed by atoms with Crippen LogP contribution < -0.4 is 9.47 Å². The Morgan fingerprint density at radius 2 is 2.06 bits per heavy atom. The van der Waals surface area contributed by atoms with E-state index in [4.69, 9.17) is 14.6 Å². The second kappa shape index (κ2) is 5.21. The summed E-state index contributed by atoms with van der Waals surface area (Å²) in [6.45, 7) is 3.72. The van der Waals surface area contributed by atoms with Crippen LogP contribution in [-0.2, 0) is 0 Å². The quantitative estimate of drug-likeness (QED) is 0.926. The number of hydrogen-bond donors (Lipinski definition) is 1. The Labute approximate surface area is 102 Å². The Morgan fingerprint density at radius 3 is 2.50 bits per heavy atom. The number of ether oxygens (including phenoxy) is 2. The molecule has 0 radical (unpaired) electrons. The lowest BCUT2D eigenvalue weighted by Gasteiger charge is -2.15. The molecule has 0 atom stereocenters. The number of methoxy groups -OCH3 is 1. The smallest absolute Gasteiger partial charge is 0.339 e. The first-order valence-electron chi connectivity index (χ1n) is 4.73. The van der Waals surface area contributed by atoms with Gasteiger partial charge in [0.15, 0.2) is 11.5 Å². The maximum atomic E-state index is 11.0. The van der Waals surface area contributed by atoms with E-state index in [-0.39, 0.29) is 17.4 Å². The van der Waals surface area contributed by atoms with E-state index in [2.05, 4.69) is 15.9 Å². The Bertz CT molecular complexity index is 401. The molecule has 88 valence electrons. The Hall–Kier alpha value is -1.23. The molecule has 16 heavy (non-hydrogen) atoms. The number of carboxylic acids is 1. The number of halogens is 1. The van der Waals surface area contributed by atoms with Crippen LogP contribution in [0.4, 0.5) is 0 Å². The highest BCUT2D eigenvalue weighted by Crippen LogP contribution is 2.35. The minimum Gasteiger partial charge on any atom is -0.492 e. The molecule has 5 heteroatoms. The normalized spacial score (nSPS) is 10.3. The summed E-state index contributed by atoms with van der Waals surface area (Å²) in [7, 11) is 1.42. The van der Waals surface area contributed by atoms with Crippen molar-refractivity contribution in [2.24, 2.45) is 0 Å². The van der Waals surface area contributed by atoms with Gasteiger partial charge in [-0.25, -0.2) is 4.79 Å². The average Bonchev–Trinajstić information content (AvgIpc) is 2.15. The van der Waals surface area contributed by atoms with Gasteiger partial charge in [-0.15, -0.1) is 0 Å². The number of carbonyl (C=O) groups is 1. The zero-order chi connectivity index (χ0) is 12.3. The topological polar surface area (TPSA) is 55.8 Å². The number of carboxylic acid groups (broad SMARTS) is 1. The molecular formula is C11H13BrO4. The van der Waals surface area contributed by atoms with E-state index in [1.54, 1.807) is 6.07 Å². The van der Waals surface area contributed by atoms with Crippen LogP contribution in [0.2, 0.25) is 0 Å². The van der Waals surface area contributed by atoms with Gasteiger partial charge in [0.05, 0.1) is 13.2 Å². The van der Waals surface area contributed by atoms with Gasteiger partial charge >= 0.3 is 5.97 Å². The highest BCUT2D eigenvalue weighted by atomic mass is 79.9. The van der Waals surface area contributed by atoms with Crippen LogP contribution >= 0.6 is 15.9 Å². The molecule has 1 N–H and O–H groups in total. The van der Waals surface area contributed by atoms with Crippen molar-refractivity contribution in [3.63, 3.8) is 0 Å². The summed E-state index contributed by atoms with van der Waals surface area (Å²) < 4.78 is 11.2. The zero-order valence-electron chi connectivity index (χ0n) is 9.28. The van der Waals surface area contributed by atoms with Gasteiger partial charge in [0.25, 0.3) is 0 Å². The molecule has 0 unspecified atom stereocenters. The molecule has 0 spiro atoms. The molecule has 0 heterocycles.